The highest BCUT2D eigenvalue weighted by Crippen LogP contribution is 2.27. The van der Waals surface area contributed by atoms with Crippen molar-refractivity contribution in [1.29, 1.82) is 0 Å². The van der Waals surface area contributed by atoms with Gasteiger partial charge in [-0.15, -0.1) is 0 Å². The lowest BCUT2D eigenvalue weighted by Crippen LogP contribution is -2.40. The van der Waals surface area contributed by atoms with Crippen LogP contribution in [0.5, 0.6) is 5.75 Å². The third kappa shape index (κ3) is 7.28. The molecule has 0 atom stereocenters. The summed E-state index contributed by atoms with van der Waals surface area (Å²) in [4.78, 5) is 13.0. The van der Waals surface area contributed by atoms with E-state index < -0.39 is 22.5 Å². The Morgan fingerprint density at radius 3 is 2.27 bits per heavy atom. The van der Waals surface area contributed by atoms with Crippen LogP contribution in [-0.4, -0.2) is 27.1 Å². The van der Waals surface area contributed by atoms with Gasteiger partial charge in [0.25, 0.3) is 15.9 Å². The fourth-order valence-electron chi connectivity index (χ4n) is 3.99. The minimum Gasteiger partial charge on any atom is -0.489 e. The lowest BCUT2D eigenvalue weighted by atomic mass is 10.1. The van der Waals surface area contributed by atoms with Crippen LogP contribution in [0.15, 0.2) is 101 Å². The Morgan fingerprint density at radius 1 is 0.925 bits per heavy atom. The number of hydrogen-bond acceptors (Lipinski definition) is 5. The van der Waals surface area contributed by atoms with E-state index in [1.54, 1.807) is 54.6 Å². The van der Waals surface area contributed by atoms with E-state index in [1.165, 1.54) is 6.21 Å². The Hall–Kier alpha value is -4.14. The third-order valence-corrected chi connectivity index (χ3v) is 8.30. The molecule has 0 heterocycles. The number of nitrogens with one attached hydrogen (secondary N) is 1. The number of amides is 1. The molecule has 0 radical (unpaired) electrons. The number of carbonyl (C=O) groups excluding carboxylic acids is 1. The van der Waals surface area contributed by atoms with Crippen LogP contribution >= 0.6 is 11.6 Å². The Balaban J connectivity index is 1.43. The van der Waals surface area contributed by atoms with E-state index >= 15 is 0 Å². The lowest BCUT2D eigenvalue weighted by molar-refractivity contribution is -0.119. The van der Waals surface area contributed by atoms with E-state index in [4.69, 9.17) is 16.3 Å². The second-order valence-electron chi connectivity index (χ2n) is 9.36. The summed E-state index contributed by atoms with van der Waals surface area (Å²) in [5.74, 6) is 0.0816. The molecule has 4 aromatic carbocycles. The van der Waals surface area contributed by atoms with Crippen molar-refractivity contribution in [2.24, 2.45) is 5.10 Å². The van der Waals surface area contributed by atoms with E-state index in [-0.39, 0.29) is 4.90 Å². The van der Waals surface area contributed by atoms with Crippen LogP contribution in [0.4, 0.5) is 5.69 Å². The lowest BCUT2D eigenvalue weighted by Gasteiger charge is -2.25. The third-order valence-electron chi connectivity index (χ3n) is 6.15. The molecule has 0 aliphatic carbocycles. The van der Waals surface area contributed by atoms with Crippen molar-refractivity contribution in [2.75, 3.05) is 10.8 Å². The highest BCUT2D eigenvalue weighted by atomic mass is 35.5. The molecule has 4 aromatic rings. The first-order valence-corrected chi connectivity index (χ1v) is 14.4. The van der Waals surface area contributed by atoms with Crippen LogP contribution < -0.4 is 14.5 Å². The van der Waals surface area contributed by atoms with Gasteiger partial charge in [-0.05, 0) is 80.4 Å². The topological polar surface area (TPSA) is 88.1 Å². The van der Waals surface area contributed by atoms with Crippen LogP contribution in [0, 0.1) is 20.8 Å². The van der Waals surface area contributed by atoms with Crippen molar-refractivity contribution >= 4 is 39.4 Å². The maximum absolute atomic E-state index is 13.6. The van der Waals surface area contributed by atoms with E-state index in [0.29, 0.717) is 23.1 Å². The fraction of sp³-hybridized carbons (Fsp3) is 0.161. The highest BCUT2D eigenvalue weighted by Gasteiger charge is 2.28. The zero-order valence-electron chi connectivity index (χ0n) is 22.5. The van der Waals surface area contributed by atoms with Gasteiger partial charge >= 0.3 is 0 Å². The molecule has 0 aliphatic rings. The SMILES string of the molecule is Cc1ccc(S(=O)(=O)N(CC(=O)N/N=C\c2ccc(OCc3ccccc3Cl)cc2)c2ccc(C)cc2C)cc1. The van der Waals surface area contributed by atoms with Gasteiger partial charge in [0.1, 0.15) is 18.9 Å². The highest BCUT2D eigenvalue weighted by molar-refractivity contribution is 7.92. The van der Waals surface area contributed by atoms with Crippen LogP contribution in [0.3, 0.4) is 0 Å². The molecule has 0 unspecified atom stereocenters. The molecule has 0 bridgehead atoms. The average Bonchev–Trinajstić information content (AvgIpc) is 2.92. The van der Waals surface area contributed by atoms with Gasteiger partial charge in [-0.2, -0.15) is 5.10 Å². The molecular weight excluding hydrogens is 546 g/mol. The molecule has 0 aromatic heterocycles. The first-order chi connectivity index (χ1) is 19.1. The number of hydrogen-bond donors (Lipinski definition) is 1. The van der Waals surface area contributed by atoms with Gasteiger partial charge in [0.2, 0.25) is 0 Å². The van der Waals surface area contributed by atoms with Gasteiger partial charge in [0.15, 0.2) is 0 Å². The fourth-order valence-corrected chi connectivity index (χ4v) is 5.67. The number of hydrazone groups is 1. The maximum Gasteiger partial charge on any atom is 0.264 e. The largest absolute Gasteiger partial charge is 0.489 e. The van der Waals surface area contributed by atoms with Crippen LogP contribution in [-0.2, 0) is 21.4 Å². The molecule has 0 spiro atoms. The predicted molar refractivity (Wildman–Crippen MR) is 160 cm³/mol. The molecule has 1 N–H and O–H groups in total. The van der Waals surface area contributed by atoms with Gasteiger partial charge in [0, 0.05) is 10.6 Å². The first kappa shape index (κ1) is 28.9. The Bertz CT molecular complexity index is 1620. The van der Waals surface area contributed by atoms with Gasteiger partial charge in [-0.1, -0.05) is 65.2 Å². The van der Waals surface area contributed by atoms with E-state index in [2.05, 4.69) is 10.5 Å². The summed E-state index contributed by atoms with van der Waals surface area (Å²) in [6, 6.07) is 26.6. The van der Waals surface area contributed by atoms with Crippen molar-refractivity contribution < 1.29 is 17.9 Å². The van der Waals surface area contributed by atoms with E-state index in [9.17, 15) is 13.2 Å². The Labute approximate surface area is 240 Å². The quantitative estimate of drug-likeness (QED) is 0.180. The molecule has 0 fully saturated rings. The van der Waals surface area contributed by atoms with Crippen molar-refractivity contribution in [3.8, 4) is 5.75 Å². The van der Waals surface area contributed by atoms with Crippen LogP contribution in [0.1, 0.15) is 27.8 Å². The van der Waals surface area contributed by atoms with Gasteiger partial charge in [-0.3, -0.25) is 9.10 Å². The summed E-state index contributed by atoms with van der Waals surface area (Å²) in [5, 5.41) is 4.67. The molecule has 1 amide bonds. The molecule has 7 nitrogen and oxygen atoms in total. The predicted octanol–water partition coefficient (Wildman–Crippen LogP) is 6.19. The monoisotopic (exact) mass is 575 g/mol. The summed E-state index contributed by atoms with van der Waals surface area (Å²) in [6.45, 7) is 5.52. The number of halogens is 1. The summed E-state index contributed by atoms with van der Waals surface area (Å²) in [5.41, 5.74) is 7.14. The molecular formula is C31H30ClN3O4S. The van der Waals surface area contributed by atoms with E-state index in [1.807, 2.05) is 57.2 Å². The van der Waals surface area contributed by atoms with Gasteiger partial charge in [-0.25, -0.2) is 13.8 Å². The maximum atomic E-state index is 13.6. The number of anilines is 1. The number of nitrogens with zero attached hydrogens (tertiary/aromatic N) is 2. The van der Waals surface area contributed by atoms with Crippen molar-refractivity contribution in [1.82, 2.24) is 5.43 Å². The molecule has 40 heavy (non-hydrogen) atoms. The summed E-state index contributed by atoms with van der Waals surface area (Å²) in [6.07, 6.45) is 1.48. The normalized spacial score (nSPS) is 11.4. The molecule has 0 aliphatic heterocycles. The average molecular weight is 576 g/mol. The minimum atomic E-state index is -4.01. The second-order valence-corrected chi connectivity index (χ2v) is 11.6. The summed E-state index contributed by atoms with van der Waals surface area (Å²) < 4.78 is 34.1. The van der Waals surface area contributed by atoms with Gasteiger partial charge < -0.3 is 4.74 Å². The smallest absolute Gasteiger partial charge is 0.264 e. The second kappa shape index (κ2) is 12.8. The number of carbonyl (C=O) groups is 1. The standard InChI is InChI=1S/C31H30ClN3O4S/c1-22-8-15-28(16-9-22)40(37,38)35(30-17-10-23(2)18-24(30)3)20-31(36)34-33-19-25-11-13-27(14-12-25)39-21-26-6-4-5-7-29(26)32/h4-19H,20-21H2,1-3H3,(H,34,36)/b33-19-. The number of rotatable bonds is 10. The van der Waals surface area contributed by atoms with Crippen molar-refractivity contribution in [3.63, 3.8) is 0 Å². The van der Waals surface area contributed by atoms with E-state index in [0.717, 1.165) is 32.1 Å². The molecule has 0 saturated heterocycles. The zero-order valence-corrected chi connectivity index (χ0v) is 24.0. The summed E-state index contributed by atoms with van der Waals surface area (Å²) >= 11 is 6.17. The molecule has 206 valence electrons. The van der Waals surface area contributed by atoms with Crippen molar-refractivity contribution in [3.05, 3.63) is 124 Å². The Kier molecular flexibility index (Phi) is 9.24. The molecule has 0 saturated carbocycles. The van der Waals surface area contributed by atoms with Crippen LogP contribution in [0.25, 0.3) is 0 Å². The number of ether oxygens (including phenoxy) is 1. The van der Waals surface area contributed by atoms with Crippen LogP contribution in [0.2, 0.25) is 5.02 Å². The molecule has 4 rings (SSSR count). The Morgan fingerprint density at radius 2 is 1.60 bits per heavy atom. The zero-order chi connectivity index (χ0) is 28.7. The number of benzene rings is 4. The number of aryl methyl sites for hydroxylation is 3. The minimum absolute atomic E-state index is 0.103. The van der Waals surface area contributed by atoms with Gasteiger partial charge in [0.05, 0.1) is 16.8 Å². The first-order valence-electron chi connectivity index (χ1n) is 12.6. The van der Waals surface area contributed by atoms with Crippen molar-refractivity contribution in [2.45, 2.75) is 32.3 Å². The molecule has 9 heteroatoms. The summed E-state index contributed by atoms with van der Waals surface area (Å²) in [7, 11) is -4.01. The number of sulfonamides is 1.